The van der Waals surface area contributed by atoms with E-state index in [0.29, 0.717) is 0 Å². The van der Waals surface area contributed by atoms with Crippen LogP contribution in [0.3, 0.4) is 0 Å². The predicted octanol–water partition coefficient (Wildman–Crippen LogP) is 0.304. The van der Waals surface area contributed by atoms with Crippen molar-refractivity contribution >= 4 is 23.8 Å². The van der Waals surface area contributed by atoms with Crippen LogP contribution in [0.5, 0.6) is 0 Å². The van der Waals surface area contributed by atoms with E-state index < -0.39 is 37.0 Å². The van der Waals surface area contributed by atoms with Crippen molar-refractivity contribution in [3.63, 3.8) is 0 Å². The van der Waals surface area contributed by atoms with Crippen LogP contribution in [0.1, 0.15) is 41.4 Å². The zero-order valence-electron chi connectivity index (χ0n) is 13.7. The molecule has 2 amide bonds. The first-order chi connectivity index (χ1) is 12.4. The van der Waals surface area contributed by atoms with Gasteiger partial charge in [-0.1, -0.05) is 0 Å². The molecule has 0 spiro atoms. The average molecular weight is 356 g/mol. The quantitative estimate of drug-likeness (QED) is 0.649. The number of hydrogen-bond donors (Lipinski definition) is 2. The summed E-state index contributed by atoms with van der Waals surface area (Å²) in [5.74, 6) is -3.50. The number of hydrogen-bond acceptors (Lipinski definition) is 6. The van der Waals surface area contributed by atoms with Gasteiger partial charge in [0.2, 0.25) is 0 Å². The van der Waals surface area contributed by atoms with Crippen molar-refractivity contribution in [2.24, 2.45) is 0 Å². The fraction of sp³-hybridized carbons (Fsp3) is 0.222. The lowest BCUT2D eigenvalue weighted by Gasteiger charge is -2.14. The number of rotatable bonds is 8. The van der Waals surface area contributed by atoms with Gasteiger partial charge in [-0.25, -0.2) is 9.59 Å². The van der Waals surface area contributed by atoms with Crippen molar-refractivity contribution < 1.29 is 28.7 Å². The molecule has 0 aliphatic carbocycles. The second kappa shape index (κ2) is 10.2. The molecular formula is C18H16N2O6. The molecule has 134 valence electrons. The number of carbonyl (C=O) groups excluding carboxylic acids is 4. The summed E-state index contributed by atoms with van der Waals surface area (Å²) in [6, 6.07) is 2.00. The van der Waals surface area contributed by atoms with Gasteiger partial charge in [0.15, 0.2) is 0 Å². The molecule has 1 rings (SSSR count). The number of amides is 2. The number of benzene rings is 1. The molecule has 0 saturated carbocycles. The van der Waals surface area contributed by atoms with Crippen molar-refractivity contribution in [3.05, 3.63) is 62.1 Å². The molecule has 0 aliphatic rings. The third-order valence-electron chi connectivity index (χ3n) is 3.04. The molecule has 0 saturated heterocycles. The highest BCUT2D eigenvalue weighted by molar-refractivity contribution is 6.12. The van der Waals surface area contributed by atoms with Gasteiger partial charge < -0.3 is 20.1 Å². The number of ether oxygens (including phenoxy) is 2. The van der Waals surface area contributed by atoms with E-state index in [0.717, 1.165) is 12.1 Å². The van der Waals surface area contributed by atoms with Crippen molar-refractivity contribution in [1.29, 1.82) is 0 Å². The van der Waals surface area contributed by atoms with Crippen LogP contribution < -0.4 is 10.6 Å². The summed E-state index contributed by atoms with van der Waals surface area (Å²) in [7, 11) is 0. The summed E-state index contributed by atoms with van der Waals surface area (Å²) in [5.41, 5.74) is -1.12. The van der Waals surface area contributed by atoms with Gasteiger partial charge in [-0.2, -0.15) is 0 Å². The van der Waals surface area contributed by atoms with Crippen molar-refractivity contribution in [1.82, 2.24) is 10.6 Å². The van der Waals surface area contributed by atoms with Crippen LogP contribution >= 0.6 is 0 Å². The Hall–Kier alpha value is -2.90. The normalized spacial score (nSPS) is 10.0. The highest BCUT2D eigenvalue weighted by Crippen LogP contribution is 2.20. The predicted molar refractivity (Wildman–Crippen MR) is 88.9 cm³/mol. The van der Waals surface area contributed by atoms with Crippen molar-refractivity contribution in [2.75, 3.05) is 26.3 Å². The summed E-state index contributed by atoms with van der Waals surface area (Å²) in [6.45, 7) is 19.5. The molecule has 0 atom stereocenters. The monoisotopic (exact) mass is 356 g/mol. The summed E-state index contributed by atoms with van der Waals surface area (Å²) < 4.78 is 9.35. The van der Waals surface area contributed by atoms with Gasteiger partial charge in [0.05, 0.1) is 35.5 Å². The minimum Gasteiger partial charge on any atom is -0.462 e. The molecule has 1 aromatic carbocycles. The summed E-state index contributed by atoms with van der Waals surface area (Å²) in [5, 5.41) is 4.55. The number of esters is 2. The maximum Gasteiger partial charge on any atom is 0.338 e. The van der Waals surface area contributed by atoms with Crippen LogP contribution in [0, 0.1) is 27.7 Å². The Balaban J connectivity index is 3.63. The van der Waals surface area contributed by atoms with E-state index in [-0.39, 0.29) is 35.3 Å². The maximum absolute atomic E-state index is 12.2. The van der Waals surface area contributed by atoms with E-state index in [1.54, 1.807) is 0 Å². The molecule has 8 heteroatoms. The average Bonchev–Trinajstić information content (AvgIpc) is 2.61. The first kappa shape index (κ1) is 21.1. The Morgan fingerprint density at radius 3 is 1.31 bits per heavy atom. The molecule has 8 radical (unpaired) electrons. The second-order valence-corrected chi connectivity index (χ2v) is 4.56. The molecule has 2 N–H and O–H groups in total. The van der Waals surface area contributed by atoms with Crippen molar-refractivity contribution in [2.45, 2.75) is 0 Å². The van der Waals surface area contributed by atoms with Crippen LogP contribution in [0.4, 0.5) is 0 Å². The van der Waals surface area contributed by atoms with Gasteiger partial charge in [-0.05, 0) is 26.0 Å². The van der Waals surface area contributed by atoms with Gasteiger partial charge in [-0.3, -0.25) is 9.59 Å². The van der Waals surface area contributed by atoms with Crippen LogP contribution in [-0.2, 0) is 9.47 Å². The first-order valence-electron chi connectivity index (χ1n) is 7.30. The molecule has 0 fully saturated rings. The standard InChI is InChI=1S/C18H16N2O6/c1-5-19-15(21)11-9-14(18(24)26-8-4)12(16(22)20-6-2)10-13(11)17(23)25-7-3/h1-4,9-10H,5-8H2,(H,19,21)(H,20,22). The highest BCUT2D eigenvalue weighted by Gasteiger charge is 2.26. The van der Waals surface area contributed by atoms with E-state index in [1.807, 2.05) is 0 Å². The van der Waals surface area contributed by atoms with E-state index >= 15 is 0 Å². The van der Waals surface area contributed by atoms with Crippen LogP contribution in [-0.4, -0.2) is 50.1 Å². The van der Waals surface area contributed by atoms with E-state index in [4.69, 9.17) is 27.7 Å². The smallest absolute Gasteiger partial charge is 0.338 e. The Bertz CT molecular complexity index is 585. The Labute approximate surface area is 152 Å². The molecular weight excluding hydrogens is 340 g/mol. The fourth-order valence-corrected chi connectivity index (χ4v) is 2.00. The fourth-order valence-electron chi connectivity index (χ4n) is 2.00. The lowest BCUT2D eigenvalue weighted by atomic mass is 9.96. The minimum absolute atomic E-state index is 0.234. The van der Waals surface area contributed by atoms with Crippen LogP contribution in [0.15, 0.2) is 12.1 Å². The Morgan fingerprint density at radius 1 is 0.692 bits per heavy atom. The van der Waals surface area contributed by atoms with Gasteiger partial charge in [0.25, 0.3) is 11.8 Å². The lowest BCUT2D eigenvalue weighted by Crippen LogP contribution is -2.29. The third kappa shape index (κ3) is 5.05. The van der Waals surface area contributed by atoms with Gasteiger partial charge in [0.1, 0.15) is 0 Å². The summed E-state index contributed by atoms with van der Waals surface area (Å²) in [4.78, 5) is 48.6. The number of carbonyl (C=O) groups is 4. The molecule has 0 aromatic heterocycles. The zero-order chi connectivity index (χ0) is 19.7. The SMILES string of the molecule is [CH]CNC(=O)c1cc(C(=O)OC[CH])c(C(=O)NC[CH])cc1C(=O)OC[CH]. The molecule has 1 aromatic rings. The first-order valence-corrected chi connectivity index (χ1v) is 7.30. The van der Waals surface area contributed by atoms with Crippen LogP contribution in [0.25, 0.3) is 0 Å². The molecule has 0 bridgehead atoms. The zero-order valence-corrected chi connectivity index (χ0v) is 13.7. The maximum atomic E-state index is 12.2. The Kier molecular flexibility index (Phi) is 8.27. The summed E-state index contributed by atoms with van der Waals surface area (Å²) in [6.07, 6.45) is 0. The van der Waals surface area contributed by atoms with E-state index in [9.17, 15) is 19.2 Å². The molecule has 0 heterocycles. The molecule has 0 aliphatic heterocycles. The second-order valence-electron chi connectivity index (χ2n) is 4.56. The van der Waals surface area contributed by atoms with Crippen LogP contribution in [0.2, 0.25) is 0 Å². The van der Waals surface area contributed by atoms with Gasteiger partial charge >= 0.3 is 11.9 Å². The van der Waals surface area contributed by atoms with Gasteiger partial charge in [-0.15, -0.1) is 0 Å². The highest BCUT2D eigenvalue weighted by atomic mass is 16.5. The van der Waals surface area contributed by atoms with E-state index in [1.165, 1.54) is 0 Å². The Morgan fingerprint density at radius 2 is 1.04 bits per heavy atom. The number of nitrogens with one attached hydrogen (secondary N) is 2. The molecule has 8 nitrogen and oxygen atoms in total. The minimum atomic E-state index is -0.977. The summed E-state index contributed by atoms with van der Waals surface area (Å²) >= 11 is 0. The van der Waals surface area contributed by atoms with Gasteiger partial charge in [0, 0.05) is 26.9 Å². The van der Waals surface area contributed by atoms with E-state index in [2.05, 4.69) is 20.1 Å². The topological polar surface area (TPSA) is 111 Å². The van der Waals surface area contributed by atoms with Crippen molar-refractivity contribution in [3.8, 4) is 0 Å². The lowest BCUT2D eigenvalue weighted by molar-refractivity contribution is 0.0529. The molecule has 26 heavy (non-hydrogen) atoms. The molecule has 0 unspecified atom stereocenters. The largest absolute Gasteiger partial charge is 0.462 e. The third-order valence-corrected chi connectivity index (χ3v) is 3.04.